The van der Waals surface area contributed by atoms with Crippen LogP contribution in [0.2, 0.25) is 0 Å². The van der Waals surface area contributed by atoms with E-state index >= 15 is 0 Å². The van der Waals surface area contributed by atoms with Gasteiger partial charge in [-0.05, 0) is 36.6 Å². The van der Waals surface area contributed by atoms with Crippen LogP contribution in [-0.4, -0.2) is 20.8 Å². The Kier molecular flexibility index (Phi) is 6.81. The van der Waals surface area contributed by atoms with Crippen LogP contribution in [0.15, 0.2) is 58.3 Å². The molecule has 0 saturated carbocycles. The van der Waals surface area contributed by atoms with E-state index < -0.39 is 39.5 Å². The zero-order valence-corrected chi connectivity index (χ0v) is 17.7. The molecule has 0 unspecified atom stereocenters. The van der Waals surface area contributed by atoms with E-state index in [0.29, 0.717) is 18.6 Å². The van der Waals surface area contributed by atoms with Crippen molar-refractivity contribution in [2.24, 2.45) is 4.99 Å². The van der Waals surface area contributed by atoms with Gasteiger partial charge in [0.25, 0.3) is 11.2 Å². The van der Waals surface area contributed by atoms with E-state index in [1.165, 1.54) is 6.92 Å². The van der Waals surface area contributed by atoms with Crippen molar-refractivity contribution in [1.29, 1.82) is 5.26 Å². The predicted octanol–water partition coefficient (Wildman–Crippen LogP) is 4.65. The minimum absolute atomic E-state index is 0.0326. The van der Waals surface area contributed by atoms with Crippen molar-refractivity contribution in [3.63, 3.8) is 0 Å². The van der Waals surface area contributed by atoms with Crippen molar-refractivity contribution in [1.82, 2.24) is 4.57 Å². The van der Waals surface area contributed by atoms with Crippen LogP contribution in [0.4, 0.5) is 24.5 Å². The summed E-state index contributed by atoms with van der Waals surface area (Å²) < 4.78 is 39.8. The normalized spacial score (nSPS) is 11.5. The number of alkyl halides is 3. The molecule has 0 aliphatic heterocycles. The van der Waals surface area contributed by atoms with Crippen LogP contribution in [0, 0.1) is 28.4 Å². The summed E-state index contributed by atoms with van der Waals surface area (Å²) in [6, 6.07) is 12.7. The molecule has 0 aliphatic carbocycles. The van der Waals surface area contributed by atoms with Gasteiger partial charge in [0.1, 0.15) is 17.3 Å². The Morgan fingerprint density at radius 2 is 1.91 bits per heavy atom. The highest BCUT2D eigenvalue weighted by Gasteiger charge is 2.33. The number of nitro benzene ring substituents is 1. The number of hydrogen-bond donors (Lipinski definition) is 1. The van der Waals surface area contributed by atoms with Crippen molar-refractivity contribution in [2.75, 3.05) is 0 Å². The summed E-state index contributed by atoms with van der Waals surface area (Å²) in [5.74, 6) is -0.518. The molecule has 0 fully saturated rings. The lowest BCUT2D eigenvalue weighted by molar-refractivity contribution is -0.384. The Balaban J connectivity index is 2.07. The first-order valence-electron chi connectivity index (χ1n) is 9.84. The van der Waals surface area contributed by atoms with E-state index in [2.05, 4.69) is 4.99 Å². The van der Waals surface area contributed by atoms with E-state index in [9.17, 15) is 38.4 Å². The minimum Gasteiger partial charge on any atom is -0.494 e. The number of benzene rings is 2. The summed E-state index contributed by atoms with van der Waals surface area (Å²) in [7, 11) is 0. The lowest BCUT2D eigenvalue weighted by Gasteiger charge is -2.14. The maximum atomic E-state index is 12.9. The number of nitriles is 1. The van der Waals surface area contributed by atoms with Crippen molar-refractivity contribution in [3.05, 3.63) is 96.8 Å². The van der Waals surface area contributed by atoms with Gasteiger partial charge in [0.15, 0.2) is 0 Å². The fourth-order valence-corrected chi connectivity index (χ4v) is 3.31. The molecule has 8 nitrogen and oxygen atoms in total. The minimum atomic E-state index is -4.78. The molecule has 1 N–H and O–H groups in total. The molecular weight excluding hydrogens is 453 g/mol. The fourth-order valence-electron chi connectivity index (χ4n) is 3.31. The molecule has 1 aromatic heterocycles. The molecule has 3 rings (SSSR count). The van der Waals surface area contributed by atoms with Gasteiger partial charge in [0, 0.05) is 18.8 Å². The van der Waals surface area contributed by atoms with E-state index in [-0.39, 0.29) is 23.2 Å². The topological polar surface area (TPSA) is 122 Å². The van der Waals surface area contributed by atoms with Crippen LogP contribution >= 0.6 is 0 Å². The Bertz CT molecular complexity index is 1370. The standard InChI is InChI=1S/C23H17F3N4O4/c1-14-17(12-27)21(31)29(10-9-15-5-3-2-4-6-15)22(32)18(14)13-28-19-8-7-16(23(24,25)26)11-20(19)30(33)34/h2-8,11,13,32H,9-10H2,1H3. The second-order valence-corrected chi connectivity index (χ2v) is 7.26. The number of nitro groups is 1. The number of aliphatic imine (C=N–C) groups is 1. The van der Waals surface area contributed by atoms with Crippen molar-refractivity contribution in [3.8, 4) is 11.9 Å². The molecule has 174 valence electrons. The van der Waals surface area contributed by atoms with Gasteiger partial charge >= 0.3 is 6.18 Å². The quantitative estimate of drug-likeness (QED) is 0.319. The Labute approximate surface area is 191 Å². The Morgan fingerprint density at radius 3 is 2.50 bits per heavy atom. The highest BCUT2D eigenvalue weighted by molar-refractivity contribution is 5.88. The van der Waals surface area contributed by atoms with E-state index in [1.54, 1.807) is 6.07 Å². The van der Waals surface area contributed by atoms with Gasteiger partial charge in [-0.25, -0.2) is 4.99 Å². The highest BCUT2D eigenvalue weighted by atomic mass is 19.4. The molecule has 2 aromatic carbocycles. The Hall–Kier alpha value is -4.46. The van der Waals surface area contributed by atoms with Crippen LogP contribution < -0.4 is 5.56 Å². The van der Waals surface area contributed by atoms with Gasteiger partial charge in [-0.1, -0.05) is 30.3 Å². The zero-order valence-electron chi connectivity index (χ0n) is 17.7. The number of aromatic hydroxyl groups is 1. The van der Waals surface area contributed by atoms with Crippen molar-refractivity contribution < 1.29 is 23.2 Å². The van der Waals surface area contributed by atoms with Crippen LogP contribution in [0.25, 0.3) is 0 Å². The summed E-state index contributed by atoms with van der Waals surface area (Å²) in [4.78, 5) is 26.9. The summed E-state index contributed by atoms with van der Waals surface area (Å²) in [6.45, 7) is 1.43. The second-order valence-electron chi connectivity index (χ2n) is 7.26. The van der Waals surface area contributed by atoms with E-state index in [1.807, 2.05) is 30.3 Å². The van der Waals surface area contributed by atoms with Gasteiger partial charge in [-0.15, -0.1) is 0 Å². The summed E-state index contributed by atoms with van der Waals surface area (Å²) in [6.07, 6.45) is -3.43. The van der Waals surface area contributed by atoms with Crippen LogP contribution in [0.3, 0.4) is 0 Å². The molecule has 3 aromatic rings. The third-order valence-corrected chi connectivity index (χ3v) is 5.15. The third kappa shape index (κ3) is 4.96. The number of rotatable bonds is 6. The fraction of sp³-hybridized carbons (Fsp3) is 0.174. The molecule has 0 atom stereocenters. The van der Waals surface area contributed by atoms with Gasteiger partial charge in [0.2, 0.25) is 5.88 Å². The summed E-state index contributed by atoms with van der Waals surface area (Å²) in [5.41, 5.74) is -2.56. The maximum absolute atomic E-state index is 12.9. The number of aromatic nitrogens is 1. The lowest BCUT2D eigenvalue weighted by Crippen LogP contribution is -2.26. The molecule has 0 aliphatic rings. The molecule has 34 heavy (non-hydrogen) atoms. The molecule has 0 amide bonds. The zero-order chi connectivity index (χ0) is 25.0. The Morgan fingerprint density at radius 1 is 1.24 bits per heavy atom. The maximum Gasteiger partial charge on any atom is 0.416 e. The first-order chi connectivity index (χ1) is 16.0. The van der Waals surface area contributed by atoms with E-state index in [0.717, 1.165) is 22.4 Å². The third-order valence-electron chi connectivity index (χ3n) is 5.15. The highest BCUT2D eigenvalue weighted by Crippen LogP contribution is 2.36. The average molecular weight is 470 g/mol. The number of aryl methyl sites for hydroxylation is 1. The first kappa shape index (κ1) is 24.2. The predicted molar refractivity (Wildman–Crippen MR) is 117 cm³/mol. The van der Waals surface area contributed by atoms with Crippen molar-refractivity contribution in [2.45, 2.75) is 26.1 Å². The van der Waals surface area contributed by atoms with Crippen LogP contribution in [0.1, 0.15) is 27.8 Å². The van der Waals surface area contributed by atoms with Crippen molar-refractivity contribution >= 4 is 17.6 Å². The second kappa shape index (κ2) is 9.58. The molecule has 0 saturated heterocycles. The number of nitrogens with zero attached hydrogens (tertiary/aromatic N) is 4. The molecule has 0 bridgehead atoms. The molecule has 1 heterocycles. The smallest absolute Gasteiger partial charge is 0.416 e. The van der Waals surface area contributed by atoms with Crippen LogP contribution in [-0.2, 0) is 19.1 Å². The van der Waals surface area contributed by atoms with Gasteiger partial charge in [-0.2, -0.15) is 18.4 Å². The average Bonchev–Trinajstić information content (AvgIpc) is 2.79. The molecule has 11 heteroatoms. The van der Waals surface area contributed by atoms with Gasteiger partial charge < -0.3 is 5.11 Å². The van der Waals surface area contributed by atoms with Crippen LogP contribution in [0.5, 0.6) is 5.88 Å². The SMILES string of the molecule is Cc1c(C=Nc2ccc(C(F)(F)F)cc2[N+](=O)[O-])c(O)n(CCc2ccccc2)c(=O)c1C#N. The largest absolute Gasteiger partial charge is 0.494 e. The first-order valence-corrected chi connectivity index (χ1v) is 9.84. The van der Waals surface area contributed by atoms with E-state index in [4.69, 9.17) is 0 Å². The molecule has 0 spiro atoms. The van der Waals surface area contributed by atoms with Gasteiger partial charge in [0.05, 0.1) is 16.1 Å². The molecule has 0 radical (unpaired) electrons. The van der Waals surface area contributed by atoms with Gasteiger partial charge in [-0.3, -0.25) is 19.5 Å². The number of hydrogen-bond acceptors (Lipinski definition) is 6. The number of pyridine rings is 1. The summed E-state index contributed by atoms with van der Waals surface area (Å²) in [5, 5.41) is 31.5. The molecular formula is C23H17F3N4O4. The monoisotopic (exact) mass is 470 g/mol. The lowest BCUT2D eigenvalue weighted by atomic mass is 10.1. The summed E-state index contributed by atoms with van der Waals surface area (Å²) >= 11 is 0. The number of halogens is 3.